The molecule has 0 atom stereocenters. The minimum Gasteiger partial charge on any atom is -0.493 e. The summed E-state index contributed by atoms with van der Waals surface area (Å²) < 4.78 is 7.93. The first-order chi connectivity index (χ1) is 13.3. The number of pyridine rings is 1. The van der Waals surface area contributed by atoms with Crippen molar-refractivity contribution in [3.8, 4) is 5.75 Å². The van der Waals surface area contributed by atoms with Crippen molar-refractivity contribution in [2.24, 2.45) is 10.9 Å². The van der Waals surface area contributed by atoms with Gasteiger partial charge in [-0.05, 0) is 37.0 Å². The van der Waals surface area contributed by atoms with E-state index in [1.165, 1.54) is 12.8 Å². The summed E-state index contributed by atoms with van der Waals surface area (Å²) in [6.45, 7) is 1.98. The van der Waals surface area contributed by atoms with Gasteiger partial charge in [0.1, 0.15) is 5.75 Å². The highest BCUT2D eigenvalue weighted by molar-refractivity contribution is 14.0. The number of guanidine groups is 1. The third-order valence-corrected chi connectivity index (χ3v) is 4.61. The Morgan fingerprint density at radius 1 is 1.11 bits per heavy atom. The maximum atomic E-state index is 5.97. The molecular weight excluding hydrogens is 467 g/mol. The summed E-state index contributed by atoms with van der Waals surface area (Å²) in [4.78, 5) is 4.29. The molecule has 0 unspecified atom stereocenters. The van der Waals surface area contributed by atoms with E-state index in [4.69, 9.17) is 4.74 Å². The smallest absolute Gasteiger partial charge is 0.191 e. The van der Waals surface area contributed by atoms with Crippen LogP contribution in [-0.2, 0) is 13.1 Å². The Morgan fingerprint density at radius 2 is 1.89 bits per heavy atom. The molecule has 7 nitrogen and oxygen atoms in total. The van der Waals surface area contributed by atoms with Gasteiger partial charge in [-0.3, -0.25) is 9.39 Å². The second kappa shape index (κ2) is 9.72. The molecule has 1 fully saturated rings. The molecule has 1 aliphatic carbocycles. The van der Waals surface area contributed by atoms with E-state index in [1.807, 2.05) is 47.0 Å². The zero-order valence-corrected chi connectivity index (χ0v) is 18.2. The summed E-state index contributed by atoms with van der Waals surface area (Å²) in [5.41, 5.74) is 1.95. The van der Waals surface area contributed by atoms with E-state index in [2.05, 4.69) is 31.9 Å². The zero-order valence-electron chi connectivity index (χ0n) is 15.8. The molecule has 3 aromatic rings. The van der Waals surface area contributed by atoms with Crippen molar-refractivity contribution < 1.29 is 4.74 Å². The van der Waals surface area contributed by atoms with Crippen molar-refractivity contribution in [2.45, 2.75) is 25.9 Å². The van der Waals surface area contributed by atoms with E-state index < -0.39 is 0 Å². The molecule has 0 saturated heterocycles. The standard InChI is InChI=1S/C20H24N6O.HI/c1-21-20(23-13-19-25-24-18-8-4-5-11-26(18)19)22-12-16-6-2-3-7-17(16)27-14-15-9-10-15;/h2-8,11,15H,9-10,12-14H2,1H3,(H2,21,22,23);1H. The molecule has 148 valence electrons. The van der Waals surface area contributed by atoms with E-state index >= 15 is 0 Å². The second-order valence-electron chi connectivity index (χ2n) is 6.69. The monoisotopic (exact) mass is 492 g/mol. The number of nitrogens with one attached hydrogen (secondary N) is 2. The molecule has 2 N–H and O–H groups in total. The van der Waals surface area contributed by atoms with E-state index in [9.17, 15) is 0 Å². The lowest BCUT2D eigenvalue weighted by Gasteiger charge is -2.14. The number of ether oxygens (including phenoxy) is 1. The van der Waals surface area contributed by atoms with Crippen molar-refractivity contribution in [1.29, 1.82) is 0 Å². The molecule has 0 bridgehead atoms. The molecule has 2 heterocycles. The minimum absolute atomic E-state index is 0. The number of hydrogen-bond donors (Lipinski definition) is 2. The predicted molar refractivity (Wildman–Crippen MR) is 120 cm³/mol. The van der Waals surface area contributed by atoms with Gasteiger partial charge in [0.05, 0.1) is 13.2 Å². The van der Waals surface area contributed by atoms with Crippen LogP contribution in [0.5, 0.6) is 5.75 Å². The van der Waals surface area contributed by atoms with Gasteiger partial charge in [0.2, 0.25) is 0 Å². The molecule has 0 aliphatic heterocycles. The fraction of sp³-hybridized carbons (Fsp3) is 0.350. The van der Waals surface area contributed by atoms with Gasteiger partial charge in [0, 0.05) is 25.4 Å². The number of fused-ring (bicyclic) bond motifs is 1. The highest BCUT2D eigenvalue weighted by Crippen LogP contribution is 2.30. The molecule has 28 heavy (non-hydrogen) atoms. The normalized spacial score (nSPS) is 13.8. The Morgan fingerprint density at radius 3 is 2.71 bits per heavy atom. The number of rotatable bonds is 7. The summed E-state index contributed by atoms with van der Waals surface area (Å²) in [6.07, 6.45) is 4.53. The van der Waals surface area contributed by atoms with Crippen LogP contribution < -0.4 is 15.4 Å². The third kappa shape index (κ3) is 5.12. The number of aromatic nitrogens is 3. The third-order valence-electron chi connectivity index (χ3n) is 4.61. The van der Waals surface area contributed by atoms with Gasteiger partial charge in [-0.25, -0.2) is 0 Å². The van der Waals surface area contributed by atoms with Crippen LogP contribution >= 0.6 is 24.0 Å². The van der Waals surface area contributed by atoms with Gasteiger partial charge >= 0.3 is 0 Å². The Labute approximate surface area is 181 Å². The van der Waals surface area contributed by atoms with Crippen LogP contribution in [-0.4, -0.2) is 34.2 Å². The average molecular weight is 492 g/mol. The Hall–Kier alpha value is -2.36. The van der Waals surface area contributed by atoms with Gasteiger partial charge in [0.15, 0.2) is 17.4 Å². The first-order valence-corrected chi connectivity index (χ1v) is 9.27. The number of hydrogen-bond acceptors (Lipinski definition) is 4. The summed E-state index contributed by atoms with van der Waals surface area (Å²) in [7, 11) is 1.76. The van der Waals surface area contributed by atoms with E-state index in [1.54, 1.807) is 7.05 Å². The largest absolute Gasteiger partial charge is 0.493 e. The van der Waals surface area contributed by atoms with Crippen LogP contribution in [0.4, 0.5) is 0 Å². The molecule has 0 spiro atoms. The highest BCUT2D eigenvalue weighted by atomic mass is 127. The number of para-hydroxylation sites is 1. The van der Waals surface area contributed by atoms with Crippen LogP contribution in [0.3, 0.4) is 0 Å². The fourth-order valence-electron chi connectivity index (χ4n) is 2.86. The maximum Gasteiger partial charge on any atom is 0.191 e. The van der Waals surface area contributed by atoms with E-state index in [0.717, 1.165) is 35.3 Å². The molecule has 1 aromatic carbocycles. The van der Waals surface area contributed by atoms with Gasteiger partial charge in [-0.2, -0.15) is 0 Å². The Balaban J connectivity index is 0.00000225. The van der Waals surface area contributed by atoms with Gasteiger partial charge in [-0.15, -0.1) is 34.2 Å². The SMILES string of the molecule is CN=C(NCc1ccccc1OCC1CC1)NCc1nnc2ccccn12.I. The zero-order chi connectivity index (χ0) is 18.5. The van der Waals surface area contributed by atoms with Crippen LogP contribution in [0.2, 0.25) is 0 Å². The second-order valence-corrected chi connectivity index (χ2v) is 6.69. The number of benzene rings is 1. The lowest BCUT2D eigenvalue weighted by molar-refractivity contribution is 0.296. The summed E-state index contributed by atoms with van der Waals surface area (Å²) >= 11 is 0. The Kier molecular flexibility index (Phi) is 7.07. The first kappa shape index (κ1) is 20.4. The van der Waals surface area contributed by atoms with Crippen molar-refractivity contribution in [3.63, 3.8) is 0 Å². The quantitative estimate of drug-likeness (QED) is 0.302. The summed E-state index contributed by atoms with van der Waals surface area (Å²) in [6, 6.07) is 14.0. The molecular formula is C20H25IN6O. The molecule has 0 radical (unpaired) electrons. The van der Waals surface area contributed by atoms with Crippen molar-refractivity contribution in [1.82, 2.24) is 25.2 Å². The molecule has 8 heteroatoms. The fourth-order valence-corrected chi connectivity index (χ4v) is 2.86. The Bertz CT molecular complexity index is 937. The molecule has 1 saturated carbocycles. The number of aliphatic imine (C=N–C) groups is 1. The average Bonchev–Trinajstić information content (AvgIpc) is 3.46. The molecule has 1 aliphatic rings. The lowest BCUT2D eigenvalue weighted by atomic mass is 10.2. The van der Waals surface area contributed by atoms with Crippen molar-refractivity contribution in [2.75, 3.05) is 13.7 Å². The minimum atomic E-state index is 0. The van der Waals surface area contributed by atoms with Crippen LogP contribution in [0.1, 0.15) is 24.2 Å². The number of nitrogens with zero attached hydrogens (tertiary/aromatic N) is 4. The predicted octanol–water partition coefficient (Wildman–Crippen LogP) is 3.00. The topological polar surface area (TPSA) is 75.8 Å². The van der Waals surface area contributed by atoms with Crippen LogP contribution in [0.15, 0.2) is 53.7 Å². The van der Waals surface area contributed by atoms with E-state index in [0.29, 0.717) is 19.0 Å². The molecule has 2 aromatic heterocycles. The summed E-state index contributed by atoms with van der Waals surface area (Å²) in [5, 5.41) is 15.0. The lowest BCUT2D eigenvalue weighted by Crippen LogP contribution is -2.36. The van der Waals surface area contributed by atoms with Crippen LogP contribution in [0, 0.1) is 5.92 Å². The molecule has 0 amide bonds. The summed E-state index contributed by atoms with van der Waals surface area (Å²) in [5.74, 6) is 3.22. The van der Waals surface area contributed by atoms with Gasteiger partial charge < -0.3 is 15.4 Å². The first-order valence-electron chi connectivity index (χ1n) is 9.27. The van der Waals surface area contributed by atoms with Crippen molar-refractivity contribution >= 4 is 35.6 Å². The van der Waals surface area contributed by atoms with E-state index in [-0.39, 0.29) is 24.0 Å². The van der Waals surface area contributed by atoms with Gasteiger partial charge in [0.25, 0.3) is 0 Å². The molecule has 4 rings (SSSR count). The van der Waals surface area contributed by atoms with Gasteiger partial charge in [-0.1, -0.05) is 24.3 Å². The highest BCUT2D eigenvalue weighted by Gasteiger charge is 2.22. The maximum absolute atomic E-state index is 5.97. The van der Waals surface area contributed by atoms with Crippen molar-refractivity contribution in [3.05, 3.63) is 60.0 Å². The number of halogens is 1. The van der Waals surface area contributed by atoms with Crippen LogP contribution in [0.25, 0.3) is 5.65 Å².